The minimum absolute atomic E-state index is 0.308. The van der Waals surface area contributed by atoms with Crippen LogP contribution in [0.25, 0.3) is 10.8 Å². The van der Waals surface area contributed by atoms with Gasteiger partial charge >= 0.3 is 0 Å². The number of sulfonamides is 1. The first-order valence-corrected chi connectivity index (χ1v) is 9.73. The van der Waals surface area contributed by atoms with Gasteiger partial charge in [-0.05, 0) is 44.5 Å². The average Bonchev–Trinajstić information content (AvgIpc) is 2.59. The van der Waals surface area contributed by atoms with E-state index in [0.29, 0.717) is 28.5 Å². The Kier molecular flexibility index (Phi) is 5.08. The van der Waals surface area contributed by atoms with Gasteiger partial charge in [-0.25, -0.2) is 13.1 Å². The highest BCUT2D eigenvalue weighted by Crippen LogP contribution is 2.30. The van der Waals surface area contributed by atoms with Crippen molar-refractivity contribution >= 4 is 20.8 Å². The minimum Gasteiger partial charge on any atom is -0.496 e. The molecule has 1 unspecified atom stereocenters. The molecule has 1 atom stereocenters. The predicted molar refractivity (Wildman–Crippen MR) is 95.9 cm³/mol. The van der Waals surface area contributed by atoms with Gasteiger partial charge in [-0.2, -0.15) is 0 Å². The first-order valence-electron chi connectivity index (χ1n) is 8.25. The summed E-state index contributed by atoms with van der Waals surface area (Å²) in [5.74, 6) is 1.04. The van der Waals surface area contributed by atoms with E-state index in [1.807, 2.05) is 24.3 Å². The number of methoxy groups -OCH3 is 1. The van der Waals surface area contributed by atoms with Crippen molar-refractivity contribution in [1.29, 1.82) is 0 Å². The van der Waals surface area contributed by atoms with Crippen LogP contribution in [-0.4, -0.2) is 47.1 Å². The van der Waals surface area contributed by atoms with Crippen LogP contribution in [0.1, 0.15) is 12.8 Å². The van der Waals surface area contributed by atoms with Crippen molar-refractivity contribution in [2.24, 2.45) is 5.92 Å². The van der Waals surface area contributed by atoms with E-state index < -0.39 is 10.0 Å². The molecule has 0 saturated carbocycles. The summed E-state index contributed by atoms with van der Waals surface area (Å²) in [6.07, 6.45) is 2.19. The minimum atomic E-state index is -3.55. The number of hydrogen-bond acceptors (Lipinski definition) is 4. The van der Waals surface area contributed by atoms with E-state index in [4.69, 9.17) is 4.74 Å². The molecule has 0 spiro atoms. The number of piperidine rings is 1. The van der Waals surface area contributed by atoms with Crippen LogP contribution in [0.2, 0.25) is 0 Å². The maximum Gasteiger partial charge on any atom is 0.241 e. The summed E-state index contributed by atoms with van der Waals surface area (Å²) in [6.45, 7) is 2.51. The van der Waals surface area contributed by atoms with Gasteiger partial charge in [0, 0.05) is 23.9 Å². The van der Waals surface area contributed by atoms with Gasteiger partial charge in [0.25, 0.3) is 0 Å². The predicted octanol–water partition coefficient (Wildman–Crippen LogP) is 2.47. The van der Waals surface area contributed by atoms with E-state index in [1.54, 1.807) is 19.2 Å². The Bertz CT molecular complexity index is 820. The lowest BCUT2D eigenvalue weighted by Crippen LogP contribution is -2.39. The highest BCUT2D eigenvalue weighted by atomic mass is 32.2. The number of hydrogen-bond donors (Lipinski definition) is 1. The molecule has 1 saturated heterocycles. The fourth-order valence-electron chi connectivity index (χ4n) is 3.40. The maximum absolute atomic E-state index is 12.8. The second kappa shape index (κ2) is 7.09. The topological polar surface area (TPSA) is 58.6 Å². The Morgan fingerprint density at radius 1 is 1.21 bits per heavy atom. The van der Waals surface area contributed by atoms with Crippen molar-refractivity contribution in [3.05, 3.63) is 36.4 Å². The Labute approximate surface area is 143 Å². The van der Waals surface area contributed by atoms with Crippen molar-refractivity contribution < 1.29 is 13.2 Å². The van der Waals surface area contributed by atoms with E-state index in [0.717, 1.165) is 31.3 Å². The quantitative estimate of drug-likeness (QED) is 0.902. The van der Waals surface area contributed by atoms with Crippen LogP contribution in [0.15, 0.2) is 41.3 Å². The van der Waals surface area contributed by atoms with Gasteiger partial charge in [-0.15, -0.1) is 0 Å². The molecule has 130 valence electrons. The molecule has 2 aromatic carbocycles. The SMILES string of the molecule is COc1ccc(S(=O)(=O)NCC2CCCN(C)C2)c2ccccc12. The van der Waals surface area contributed by atoms with Crippen molar-refractivity contribution in [3.8, 4) is 5.75 Å². The van der Waals surface area contributed by atoms with Crippen LogP contribution >= 0.6 is 0 Å². The van der Waals surface area contributed by atoms with Crippen molar-refractivity contribution in [2.45, 2.75) is 17.7 Å². The van der Waals surface area contributed by atoms with Gasteiger partial charge in [-0.3, -0.25) is 0 Å². The lowest BCUT2D eigenvalue weighted by molar-refractivity contribution is 0.211. The highest BCUT2D eigenvalue weighted by molar-refractivity contribution is 7.89. The zero-order valence-corrected chi connectivity index (χ0v) is 15.0. The van der Waals surface area contributed by atoms with Crippen molar-refractivity contribution in [3.63, 3.8) is 0 Å². The van der Waals surface area contributed by atoms with Crippen LogP contribution in [0, 0.1) is 5.92 Å². The first-order chi connectivity index (χ1) is 11.5. The van der Waals surface area contributed by atoms with E-state index >= 15 is 0 Å². The standard InChI is InChI=1S/C18H24N2O3S/c1-20-11-5-6-14(13-20)12-19-24(21,22)18-10-9-17(23-2)15-7-3-4-8-16(15)18/h3-4,7-10,14,19H,5-6,11-13H2,1-2H3. The first kappa shape index (κ1) is 17.2. The third kappa shape index (κ3) is 3.55. The molecule has 1 aliphatic heterocycles. The molecule has 0 bridgehead atoms. The van der Waals surface area contributed by atoms with E-state index in [1.165, 1.54) is 0 Å². The summed E-state index contributed by atoms with van der Waals surface area (Å²) < 4.78 is 33.8. The van der Waals surface area contributed by atoms with Crippen LogP contribution in [0.3, 0.4) is 0 Å². The number of rotatable bonds is 5. The second-order valence-electron chi connectivity index (χ2n) is 6.43. The Morgan fingerprint density at radius 2 is 1.96 bits per heavy atom. The van der Waals surface area contributed by atoms with E-state index in [2.05, 4.69) is 16.7 Å². The Balaban J connectivity index is 1.86. The van der Waals surface area contributed by atoms with Gasteiger partial charge in [0.2, 0.25) is 10.0 Å². The summed E-state index contributed by atoms with van der Waals surface area (Å²) >= 11 is 0. The zero-order valence-electron chi connectivity index (χ0n) is 14.2. The molecule has 1 heterocycles. The molecule has 0 amide bonds. The average molecular weight is 348 g/mol. The summed E-state index contributed by atoms with van der Waals surface area (Å²) in [5, 5.41) is 1.49. The molecule has 5 nitrogen and oxygen atoms in total. The summed E-state index contributed by atoms with van der Waals surface area (Å²) in [6, 6.07) is 10.8. The third-order valence-corrected chi connectivity index (χ3v) is 6.12. The van der Waals surface area contributed by atoms with Gasteiger partial charge in [0.15, 0.2) is 0 Å². The van der Waals surface area contributed by atoms with Gasteiger partial charge < -0.3 is 9.64 Å². The number of fused-ring (bicyclic) bond motifs is 1. The third-order valence-electron chi connectivity index (χ3n) is 4.64. The molecule has 3 rings (SSSR count). The highest BCUT2D eigenvalue weighted by Gasteiger charge is 2.22. The van der Waals surface area contributed by atoms with Gasteiger partial charge in [0.05, 0.1) is 12.0 Å². The molecule has 0 aromatic heterocycles. The van der Waals surface area contributed by atoms with Crippen molar-refractivity contribution in [1.82, 2.24) is 9.62 Å². The fraction of sp³-hybridized carbons (Fsp3) is 0.444. The lowest BCUT2D eigenvalue weighted by Gasteiger charge is -2.29. The molecule has 2 aromatic rings. The summed E-state index contributed by atoms with van der Waals surface area (Å²) in [5.41, 5.74) is 0. The molecule has 6 heteroatoms. The molecular weight excluding hydrogens is 324 g/mol. The molecule has 24 heavy (non-hydrogen) atoms. The summed E-state index contributed by atoms with van der Waals surface area (Å²) in [7, 11) is 0.119. The Morgan fingerprint density at radius 3 is 2.67 bits per heavy atom. The summed E-state index contributed by atoms with van der Waals surface area (Å²) in [4.78, 5) is 2.56. The number of ether oxygens (including phenoxy) is 1. The molecule has 0 radical (unpaired) electrons. The van der Waals surface area contributed by atoms with Gasteiger partial charge in [0.1, 0.15) is 5.75 Å². The van der Waals surface area contributed by atoms with Gasteiger partial charge in [-0.1, -0.05) is 24.3 Å². The van der Waals surface area contributed by atoms with Crippen molar-refractivity contribution in [2.75, 3.05) is 33.8 Å². The smallest absolute Gasteiger partial charge is 0.241 e. The number of benzene rings is 2. The van der Waals surface area contributed by atoms with E-state index in [-0.39, 0.29) is 0 Å². The van der Waals surface area contributed by atoms with E-state index in [9.17, 15) is 8.42 Å². The number of likely N-dealkylation sites (tertiary alicyclic amines) is 1. The van der Waals surface area contributed by atoms with Crippen LogP contribution in [0.5, 0.6) is 5.75 Å². The normalized spacial score (nSPS) is 19.5. The van der Waals surface area contributed by atoms with Crippen LogP contribution in [-0.2, 0) is 10.0 Å². The molecule has 1 N–H and O–H groups in total. The second-order valence-corrected chi connectivity index (χ2v) is 8.17. The Hall–Kier alpha value is -1.63. The molecular formula is C18H24N2O3S. The molecule has 1 aliphatic rings. The number of nitrogens with zero attached hydrogens (tertiary/aromatic N) is 1. The zero-order chi connectivity index (χ0) is 17.2. The monoisotopic (exact) mass is 348 g/mol. The fourth-order valence-corrected chi connectivity index (χ4v) is 4.73. The lowest BCUT2D eigenvalue weighted by atomic mass is 9.99. The van der Waals surface area contributed by atoms with Crippen LogP contribution in [0.4, 0.5) is 0 Å². The largest absolute Gasteiger partial charge is 0.496 e. The molecule has 0 aliphatic carbocycles. The molecule has 1 fully saturated rings. The maximum atomic E-state index is 12.8. The number of nitrogens with one attached hydrogen (secondary N) is 1. The van der Waals surface area contributed by atoms with Crippen LogP contribution < -0.4 is 9.46 Å².